The van der Waals surface area contributed by atoms with Crippen LogP contribution in [0.15, 0.2) is 17.5 Å². The van der Waals surface area contributed by atoms with Crippen molar-refractivity contribution in [1.82, 2.24) is 15.3 Å². The van der Waals surface area contributed by atoms with Gasteiger partial charge in [0.05, 0.1) is 5.69 Å². The molecule has 0 unspecified atom stereocenters. The first-order chi connectivity index (χ1) is 9.54. The van der Waals surface area contributed by atoms with E-state index < -0.39 is 0 Å². The van der Waals surface area contributed by atoms with E-state index in [1.807, 2.05) is 31.4 Å². The van der Waals surface area contributed by atoms with Gasteiger partial charge in [-0.2, -0.15) is 0 Å². The summed E-state index contributed by atoms with van der Waals surface area (Å²) in [5.74, 6) is 0.830. The van der Waals surface area contributed by atoms with Crippen molar-refractivity contribution in [2.45, 2.75) is 46.9 Å². The molecule has 0 aliphatic carbocycles. The van der Waals surface area contributed by atoms with E-state index in [1.165, 1.54) is 0 Å². The van der Waals surface area contributed by atoms with Crippen molar-refractivity contribution in [3.05, 3.63) is 39.6 Å². The SMILES string of the molecule is Cc1csc(COc2ccc(C)nc2CNC(C)C)n1. The molecule has 2 heterocycles. The molecule has 0 saturated heterocycles. The highest BCUT2D eigenvalue weighted by Crippen LogP contribution is 2.19. The number of hydrogen-bond acceptors (Lipinski definition) is 5. The monoisotopic (exact) mass is 291 g/mol. The Bertz CT molecular complexity index is 566. The molecule has 0 bridgehead atoms. The zero-order chi connectivity index (χ0) is 14.5. The van der Waals surface area contributed by atoms with Gasteiger partial charge in [0.25, 0.3) is 0 Å². The minimum absolute atomic E-state index is 0.423. The van der Waals surface area contributed by atoms with Crippen LogP contribution in [0, 0.1) is 13.8 Å². The van der Waals surface area contributed by atoms with Gasteiger partial charge in [0, 0.05) is 29.4 Å². The van der Waals surface area contributed by atoms with Gasteiger partial charge in [-0.15, -0.1) is 11.3 Å². The van der Waals surface area contributed by atoms with Crippen LogP contribution >= 0.6 is 11.3 Å². The fourth-order valence-corrected chi connectivity index (χ4v) is 2.45. The van der Waals surface area contributed by atoms with E-state index in [0.29, 0.717) is 19.2 Å². The molecule has 0 aliphatic rings. The van der Waals surface area contributed by atoms with Crippen molar-refractivity contribution < 1.29 is 4.74 Å². The Kier molecular flexibility index (Phi) is 5.09. The standard InChI is InChI=1S/C15H21N3OS/c1-10(2)16-7-13-14(6-5-11(3)17-13)19-8-15-18-12(4)9-20-15/h5-6,9-10,16H,7-8H2,1-4H3. The van der Waals surface area contributed by atoms with Gasteiger partial charge in [-0.05, 0) is 26.0 Å². The van der Waals surface area contributed by atoms with E-state index in [9.17, 15) is 0 Å². The van der Waals surface area contributed by atoms with E-state index in [1.54, 1.807) is 11.3 Å². The van der Waals surface area contributed by atoms with Crippen LogP contribution in [0.4, 0.5) is 0 Å². The largest absolute Gasteiger partial charge is 0.484 e. The minimum Gasteiger partial charge on any atom is -0.484 e. The molecule has 2 aromatic rings. The molecule has 20 heavy (non-hydrogen) atoms. The van der Waals surface area contributed by atoms with Gasteiger partial charge in [-0.1, -0.05) is 13.8 Å². The van der Waals surface area contributed by atoms with Gasteiger partial charge in [-0.25, -0.2) is 4.98 Å². The maximum Gasteiger partial charge on any atom is 0.142 e. The predicted molar refractivity (Wildman–Crippen MR) is 82.1 cm³/mol. The number of rotatable bonds is 6. The summed E-state index contributed by atoms with van der Waals surface area (Å²) in [6.07, 6.45) is 0. The fourth-order valence-electron chi connectivity index (χ4n) is 1.77. The van der Waals surface area contributed by atoms with Crippen LogP contribution in [0.2, 0.25) is 0 Å². The number of nitrogens with zero attached hydrogens (tertiary/aromatic N) is 2. The molecule has 1 N–H and O–H groups in total. The lowest BCUT2D eigenvalue weighted by Crippen LogP contribution is -2.23. The highest BCUT2D eigenvalue weighted by atomic mass is 32.1. The summed E-state index contributed by atoms with van der Waals surface area (Å²) < 4.78 is 5.87. The van der Waals surface area contributed by atoms with Crippen molar-refractivity contribution in [2.24, 2.45) is 0 Å². The Morgan fingerprint density at radius 1 is 1.20 bits per heavy atom. The number of aromatic nitrogens is 2. The van der Waals surface area contributed by atoms with Crippen molar-refractivity contribution in [1.29, 1.82) is 0 Å². The molecule has 0 radical (unpaired) electrons. The van der Waals surface area contributed by atoms with Crippen LogP contribution in [0.3, 0.4) is 0 Å². The third kappa shape index (κ3) is 4.28. The summed E-state index contributed by atoms with van der Waals surface area (Å²) in [7, 11) is 0. The summed E-state index contributed by atoms with van der Waals surface area (Å²) >= 11 is 1.62. The quantitative estimate of drug-likeness (QED) is 0.887. The van der Waals surface area contributed by atoms with Crippen LogP contribution in [0.25, 0.3) is 0 Å². The van der Waals surface area contributed by atoms with Gasteiger partial charge < -0.3 is 10.1 Å². The molecule has 0 fully saturated rings. The van der Waals surface area contributed by atoms with E-state index in [2.05, 4.69) is 29.1 Å². The lowest BCUT2D eigenvalue weighted by Gasteiger charge is -2.13. The van der Waals surface area contributed by atoms with Gasteiger partial charge in [0.1, 0.15) is 17.4 Å². The molecule has 0 atom stereocenters. The normalized spacial score (nSPS) is 11.1. The van der Waals surface area contributed by atoms with Crippen LogP contribution in [-0.2, 0) is 13.2 Å². The lowest BCUT2D eigenvalue weighted by atomic mass is 10.2. The third-order valence-electron chi connectivity index (χ3n) is 2.77. The number of nitrogens with one attached hydrogen (secondary N) is 1. The average Bonchev–Trinajstić information content (AvgIpc) is 2.81. The summed E-state index contributed by atoms with van der Waals surface area (Å²) in [4.78, 5) is 8.96. The van der Waals surface area contributed by atoms with E-state index in [-0.39, 0.29) is 0 Å². The molecule has 4 nitrogen and oxygen atoms in total. The van der Waals surface area contributed by atoms with Crippen LogP contribution < -0.4 is 10.1 Å². The maximum absolute atomic E-state index is 5.87. The average molecular weight is 291 g/mol. The number of thiazole rings is 1. The lowest BCUT2D eigenvalue weighted by molar-refractivity contribution is 0.299. The molecular formula is C15H21N3OS. The second-order valence-corrected chi connectivity index (χ2v) is 6.05. The Hall–Kier alpha value is -1.46. The maximum atomic E-state index is 5.87. The zero-order valence-electron chi connectivity index (χ0n) is 12.4. The molecule has 0 saturated carbocycles. The molecule has 5 heteroatoms. The first-order valence-electron chi connectivity index (χ1n) is 6.78. The number of pyridine rings is 1. The van der Waals surface area contributed by atoms with Crippen molar-refractivity contribution in [2.75, 3.05) is 0 Å². The van der Waals surface area contributed by atoms with Crippen molar-refractivity contribution >= 4 is 11.3 Å². The predicted octanol–water partition coefficient (Wildman–Crippen LogP) is 3.23. The minimum atomic E-state index is 0.423. The van der Waals surface area contributed by atoms with Crippen molar-refractivity contribution in [3.8, 4) is 5.75 Å². The van der Waals surface area contributed by atoms with E-state index >= 15 is 0 Å². The van der Waals surface area contributed by atoms with Crippen LogP contribution in [0.1, 0.15) is 35.9 Å². The van der Waals surface area contributed by atoms with Gasteiger partial charge in [0.15, 0.2) is 0 Å². The van der Waals surface area contributed by atoms with Gasteiger partial charge in [-0.3, -0.25) is 4.98 Å². The number of aryl methyl sites for hydroxylation is 2. The van der Waals surface area contributed by atoms with E-state index in [4.69, 9.17) is 4.74 Å². The van der Waals surface area contributed by atoms with E-state index in [0.717, 1.165) is 27.8 Å². The first kappa shape index (κ1) is 14.9. The zero-order valence-corrected chi connectivity index (χ0v) is 13.3. The summed E-state index contributed by atoms with van der Waals surface area (Å²) in [5, 5.41) is 6.40. The van der Waals surface area contributed by atoms with Crippen molar-refractivity contribution in [3.63, 3.8) is 0 Å². The molecule has 0 aromatic carbocycles. The van der Waals surface area contributed by atoms with Gasteiger partial charge in [0.2, 0.25) is 0 Å². The Labute approximate surface area is 124 Å². The Morgan fingerprint density at radius 3 is 2.65 bits per heavy atom. The van der Waals surface area contributed by atoms with Crippen LogP contribution in [-0.4, -0.2) is 16.0 Å². The molecular weight excluding hydrogens is 270 g/mol. The molecule has 0 aliphatic heterocycles. The Morgan fingerprint density at radius 2 is 2.00 bits per heavy atom. The fraction of sp³-hybridized carbons (Fsp3) is 0.467. The Balaban J connectivity index is 2.05. The number of hydrogen-bond donors (Lipinski definition) is 1. The highest BCUT2D eigenvalue weighted by molar-refractivity contribution is 7.09. The second kappa shape index (κ2) is 6.81. The molecule has 0 amide bonds. The van der Waals surface area contributed by atoms with Crippen LogP contribution in [0.5, 0.6) is 5.75 Å². The summed E-state index contributed by atoms with van der Waals surface area (Å²) in [6, 6.07) is 4.38. The van der Waals surface area contributed by atoms with Gasteiger partial charge >= 0.3 is 0 Å². The molecule has 2 rings (SSSR count). The first-order valence-corrected chi connectivity index (χ1v) is 7.66. The molecule has 108 valence electrons. The topological polar surface area (TPSA) is 47.0 Å². The smallest absolute Gasteiger partial charge is 0.142 e. The third-order valence-corrected chi connectivity index (χ3v) is 3.71. The second-order valence-electron chi connectivity index (χ2n) is 5.10. The molecule has 0 spiro atoms. The highest BCUT2D eigenvalue weighted by Gasteiger charge is 2.08. The summed E-state index contributed by atoms with van der Waals surface area (Å²) in [5.41, 5.74) is 2.99. The molecule has 2 aromatic heterocycles. The number of ether oxygens (including phenoxy) is 1. The summed E-state index contributed by atoms with van der Waals surface area (Å²) in [6.45, 7) is 9.44.